The molecule has 24 heavy (non-hydrogen) atoms. The van der Waals surface area contributed by atoms with Gasteiger partial charge in [-0.25, -0.2) is 23.1 Å². The number of rotatable bonds is 6. The number of nitrogens with zero attached hydrogens (tertiary/aromatic N) is 5. The largest absolute Gasteiger partial charge is 0.337 e. The lowest BCUT2D eigenvalue weighted by Crippen LogP contribution is -2.37. The van der Waals surface area contributed by atoms with Crippen molar-refractivity contribution in [2.24, 2.45) is 0 Å². The average Bonchev–Trinajstić information content (AvgIpc) is 3.14. The van der Waals surface area contributed by atoms with E-state index in [1.807, 2.05) is 18.9 Å². The summed E-state index contributed by atoms with van der Waals surface area (Å²) in [5, 5.41) is 3.96. The molecule has 1 fully saturated rings. The third-order valence-electron chi connectivity index (χ3n) is 3.91. The van der Waals surface area contributed by atoms with Crippen LogP contribution in [0.1, 0.15) is 31.7 Å². The first-order valence-electron chi connectivity index (χ1n) is 7.77. The minimum atomic E-state index is -3.24. The third-order valence-corrected chi connectivity index (χ3v) is 5.55. The van der Waals surface area contributed by atoms with Crippen LogP contribution in [0.15, 0.2) is 23.2 Å². The normalized spacial score (nSPS) is 22.1. The second kappa shape index (κ2) is 6.91. The van der Waals surface area contributed by atoms with Gasteiger partial charge in [-0.2, -0.15) is 4.98 Å². The molecule has 0 amide bonds. The Bertz CT molecular complexity index is 779. The lowest BCUT2D eigenvalue weighted by atomic mass is 10.2. The van der Waals surface area contributed by atoms with Crippen LogP contribution in [0.5, 0.6) is 0 Å². The molecular formula is C14H20N6O3S. The molecule has 1 aliphatic heterocycles. The van der Waals surface area contributed by atoms with E-state index in [0.29, 0.717) is 36.7 Å². The Hall–Kier alpha value is -1.91. The molecule has 1 N–H and O–H groups in total. The van der Waals surface area contributed by atoms with E-state index in [0.717, 1.165) is 0 Å². The SMILES string of the molecule is CCCS(=O)(=O)NC1CC(c2nc(-c3cncnc3)no2)N(C)C1. The number of nitrogens with one attached hydrogen (secondary N) is 1. The van der Waals surface area contributed by atoms with Gasteiger partial charge in [0.05, 0.1) is 17.4 Å². The second-order valence-corrected chi connectivity index (χ2v) is 7.78. The Morgan fingerprint density at radius 3 is 2.83 bits per heavy atom. The number of aromatic nitrogens is 4. The number of likely N-dealkylation sites (N-methyl/N-ethyl adjacent to an activating group) is 1. The van der Waals surface area contributed by atoms with Crippen LogP contribution in [0.4, 0.5) is 0 Å². The van der Waals surface area contributed by atoms with Gasteiger partial charge >= 0.3 is 0 Å². The summed E-state index contributed by atoms with van der Waals surface area (Å²) in [6.45, 7) is 2.44. The lowest BCUT2D eigenvalue weighted by molar-refractivity contribution is 0.244. The summed E-state index contributed by atoms with van der Waals surface area (Å²) in [5.41, 5.74) is 0.674. The molecule has 3 heterocycles. The Balaban J connectivity index is 1.71. The quantitative estimate of drug-likeness (QED) is 0.804. The van der Waals surface area contributed by atoms with Crippen LogP contribution < -0.4 is 4.72 Å². The molecular weight excluding hydrogens is 332 g/mol. The highest BCUT2D eigenvalue weighted by molar-refractivity contribution is 7.89. The molecule has 0 saturated carbocycles. The van der Waals surface area contributed by atoms with E-state index < -0.39 is 10.0 Å². The van der Waals surface area contributed by atoms with Crippen LogP contribution in [0, 0.1) is 0 Å². The molecule has 0 aliphatic carbocycles. The molecule has 2 aromatic heterocycles. The van der Waals surface area contributed by atoms with Gasteiger partial charge in [0.15, 0.2) is 0 Å². The summed E-state index contributed by atoms with van der Waals surface area (Å²) in [4.78, 5) is 14.3. The van der Waals surface area contributed by atoms with Crippen molar-refractivity contribution in [3.63, 3.8) is 0 Å². The van der Waals surface area contributed by atoms with Crippen LogP contribution in [0.3, 0.4) is 0 Å². The summed E-state index contributed by atoms with van der Waals surface area (Å²) in [6.07, 6.45) is 5.84. The van der Waals surface area contributed by atoms with E-state index in [9.17, 15) is 8.42 Å². The van der Waals surface area contributed by atoms with Crippen molar-refractivity contribution in [3.05, 3.63) is 24.6 Å². The average molecular weight is 352 g/mol. The maximum atomic E-state index is 11.9. The maximum Gasteiger partial charge on any atom is 0.244 e. The van der Waals surface area contributed by atoms with Crippen molar-refractivity contribution in [3.8, 4) is 11.4 Å². The van der Waals surface area contributed by atoms with Gasteiger partial charge in [0.2, 0.25) is 21.7 Å². The molecule has 1 saturated heterocycles. The van der Waals surface area contributed by atoms with E-state index in [1.165, 1.54) is 6.33 Å². The molecule has 10 heteroatoms. The molecule has 0 aromatic carbocycles. The topological polar surface area (TPSA) is 114 Å². The zero-order valence-corrected chi connectivity index (χ0v) is 14.4. The van der Waals surface area contributed by atoms with Gasteiger partial charge in [0.25, 0.3) is 0 Å². The van der Waals surface area contributed by atoms with Crippen LogP contribution in [-0.4, -0.2) is 58.8 Å². The van der Waals surface area contributed by atoms with Gasteiger partial charge in [-0.05, 0) is 19.9 Å². The van der Waals surface area contributed by atoms with Crippen molar-refractivity contribution in [1.29, 1.82) is 0 Å². The van der Waals surface area contributed by atoms with Crippen molar-refractivity contribution in [1.82, 2.24) is 29.7 Å². The molecule has 0 bridgehead atoms. The molecule has 1 aliphatic rings. The van der Waals surface area contributed by atoms with Gasteiger partial charge in [-0.3, -0.25) is 4.90 Å². The monoisotopic (exact) mass is 352 g/mol. The maximum absolute atomic E-state index is 11.9. The predicted molar refractivity (Wildman–Crippen MR) is 86.3 cm³/mol. The number of likely N-dealkylation sites (tertiary alicyclic amines) is 1. The van der Waals surface area contributed by atoms with Crippen molar-refractivity contribution in [2.45, 2.75) is 31.8 Å². The predicted octanol–water partition coefficient (Wildman–Crippen LogP) is 0.601. The van der Waals surface area contributed by atoms with Crippen molar-refractivity contribution >= 4 is 10.0 Å². The summed E-state index contributed by atoms with van der Waals surface area (Å²) in [5.74, 6) is 1.03. The van der Waals surface area contributed by atoms with Crippen LogP contribution in [0.25, 0.3) is 11.4 Å². The van der Waals surface area contributed by atoms with E-state index in [2.05, 4.69) is 24.8 Å². The smallest absolute Gasteiger partial charge is 0.244 e. The fourth-order valence-corrected chi connectivity index (χ4v) is 4.19. The molecule has 130 valence electrons. The van der Waals surface area contributed by atoms with Gasteiger partial charge < -0.3 is 4.52 Å². The zero-order valence-electron chi connectivity index (χ0n) is 13.6. The highest BCUT2D eigenvalue weighted by Gasteiger charge is 2.36. The standard InChI is InChI=1S/C14H20N6O3S/c1-3-4-24(21,22)19-11-5-12(20(2)8-11)14-17-13(18-23-14)10-6-15-9-16-7-10/h6-7,9,11-12,19H,3-5,8H2,1-2H3. The first kappa shape index (κ1) is 16.9. The number of hydrogen-bond donors (Lipinski definition) is 1. The van der Waals surface area contributed by atoms with Gasteiger partial charge in [0.1, 0.15) is 6.33 Å². The van der Waals surface area contributed by atoms with Gasteiger partial charge in [0, 0.05) is 25.0 Å². The third kappa shape index (κ3) is 3.77. The molecule has 2 aromatic rings. The Morgan fingerprint density at radius 1 is 1.38 bits per heavy atom. The van der Waals surface area contributed by atoms with Crippen LogP contribution >= 0.6 is 0 Å². The van der Waals surface area contributed by atoms with E-state index in [1.54, 1.807) is 12.4 Å². The minimum Gasteiger partial charge on any atom is -0.337 e. The van der Waals surface area contributed by atoms with E-state index in [4.69, 9.17) is 4.52 Å². The van der Waals surface area contributed by atoms with Crippen LogP contribution in [0.2, 0.25) is 0 Å². The highest BCUT2D eigenvalue weighted by Crippen LogP contribution is 2.31. The second-order valence-electron chi connectivity index (χ2n) is 5.91. The first-order chi connectivity index (χ1) is 11.5. The van der Waals surface area contributed by atoms with Crippen LogP contribution in [-0.2, 0) is 10.0 Å². The Kier molecular flexibility index (Phi) is 4.88. The van der Waals surface area contributed by atoms with Crippen molar-refractivity contribution < 1.29 is 12.9 Å². The molecule has 9 nitrogen and oxygen atoms in total. The van der Waals surface area contributed by atoms with Gasteiger partial charge in [-0.15, -0.1) is 0 Å². The summed E-state index contributed by atoms with van der Waals surface area (Å²) >= 11 is 0. The fraction of sp³-hybridized carbons (Fsp3) is 0.571. The number of sulfonamides is 1. The summed E-state index contributed by atoms with van der Waals surface area (Å²) in [6, 6.07) is -0.280. The lowest BCUT2D eigenvalue weighted by Gasteiger charge is -2.14. The van der Waals surface area contributed by atoms with E-state index >= 15 is 0 Å². The minimum absolute atomic E-state index is 0.120. The highest BCUT2D eigenvalue weighted by atomic mass is 32.2. The molecule has 2 unspecified atom stereocenters. The molecule has 0 spiro atoms. The Labute approximate surface area is 140 Å². The number of hydrogen-bond acceptors (Lipinski definition) is 8. The molecule has 3 rings (SSSR count). The zero-order chi connectivity index (χ0) is 17.2. The van der Waals surface area contributed by atoms with Crippen molar-refractivity contribution in [2.75, 3.05) is 19.3 Å². The molecule has 0 radical (unpaired) electrons. The fourth-order valence-electron chi connectivity index (χ4n) is 2.86. The first-order valence-corrected chi connectivity index (χ1v) is 9.43. The molecule has 2 atom stereocenters. The Morgan fingerprint density at radius 2 is 2.12 bits per heavy atom. The summed E-state index contributed by atoms with van der Waals surface area (Å²) < 4.78 is 32.0. The van der Waals surface area contributed by atoms with E-state index in [-0.39, 0.29) is 17.8 Å². The van der Waals surface area contributed by atoms with Gasteiger partial charge in [-0.1, -0.05) is 12.1 Å². The summed E-state index contributed by atoms with van der Waals surface area (Å²) in [7, 11) is -1.33.